The van der Waals surface area contributed by atoms with Crippen molar-refractivity contribution in [2.24, 2.45) is 0 Å². The highest BCUT2D eigenvalue weighted by molar-refractivity contribution is 6.30. The number of amides is 1. The van der Waals surface area contributed by atoms with Crippen molar-refractivity contribution >= 4 is 34.2 Å². The molecule has 1 N–H and O–H groups in total. The average molecular weight is 517 g/mol. The highest BCUT2D eigenvalue weighted by Crippen LogP contribution is 2.35. The monoisotopic (exact) mass is 516 g/mol. The molecule has 5 rings (SSSR count). The Kier molecular flexibility index (Phi) is 5.97. The molecule has 0 fully saturated rings. The Morgan fingerprint density at radius 1 is 1.11 bits per heavy atom. The van der Waals surface area contributed by atoms with Crippen LogP contribution >= 0.6 is 11.6 Å². The third-order valence-electron chi connectivity index (χ3n) is 5.49. The van der Waals surface area contributed by atoms with E-state index in [4.69, 9.17) is 25.2 Å². The fourth-order valence-electron chi connectivity index (χ4n) is 3.83. The number of hydrogen-bond donors (Lipinski definition) is 1. The highest BCUT2D eigenvalue weighted by Gasteiger charge is 2.34. The van der Waals surface area contributed by atoms with Gasteiger partial charge in [-0.1, -0.05) is 23.7 Å². The molecule has 0 bridgehead atoms. The summed E-state index contributed by atoms with van der Waals surface area (Å²) >= 11 is 5.97. The molecule has 4 aromatic rings. The van der Waals surface area contributed by atoms with Gasteiger partial charge in [-0.25, -0.2) is 9.80 Å². The molecule has 36 heavy (non-hydrogen) atoms. The Balaban J connectivity index is 1.36. The maximum Gasteiger partial charge on any atom is 0.417 e. The smallest absolute Gasteiger partial charge is 0.417 e. The molecule has 0 unspecified atom stereocenters. The van der Waals surface area contributed by atoms with E-state index in [0.717, 1.165) is 17.7 Å². The fraction of sp³-hybridized carbons (Fsp3) is 0.120. The topological polar surface area (TPSA) is 84.9 Å². The number of carbonyl (C=O) groups excluding carboxylic acids is 1. The maximum atomic E-state index is 13.3. The van der Waals surface area contributed by atoms with Gasteiger partial charge in [0, 0.05) is 22.5 Å². The van der Waals surface area contributed by atoms with E-state index in [-0.39, 0.29) is 16.7 Å². The second-order valence-electron chi connectivity index (χ2n) is 7.85. The van der Waals surface area contributed by atoms with E-state index in [1.165, 1.54) is 17.3 Å². The zero-order valence-electron chi connectivity index (χ0n) is 18.2. The van der Waals surface area contributed by atoms with Crippen molar-refractivity contribution < 1.29 is 31.5 Å². The summed E-state index contributed by atoms with van der Waals surface area (Å²) in [5.74, 6) is 0.0760. The Morgan fingerprint density at radius 2 is 1.89 bits per heavy atom. The number of furan rings is 1. The molecule has 1 atom stereocenters. The van der Waals surface area contributed by atoms with Gasteiger partial charge in [-0.3, -0.25) is 10.2 Å². The van der Waals surface area contributed by atoms with Crippen LogP contribution in [0.5, 0.6) is 5.75 Å². The van der Waals surface area contributed by atoms with Crippen LogP contribution < -0.4 is 15.8 Å². The van der Waals surface area contributed by atoms with Gasteiger partial charge in [0.25, 0.3) is 5.91 Å². The van der Waals surface area contributed by atoms with Crippen LogP contribution in [-0.2, 0) is 11.0 Å². The van der Waals surface area contributed by atoms with Crippen LogP contribution in [0.1, 0.15) is 22.9 Å². The maximum absolute atomic E-state index is 13.3. The lowest BCUT2D eigenvalue weighted by Crippen LogP contribution is -2.42. The number of hydrazine groups is 1. The van der Waals surface area contributed by atoms with Crippen molar-refractivity contribution in [1.82, 2.24) is 10.4 Å². The zero-order valence-corrected chi connectivity index (χ0v) is 19.0. The molecule has 1 amide bonds. The van der Waals surface area contributed by atoms with E-state index in [9.17, 15) is 22.8 Å². The van der Waals surface area contributed by atoms with Gasteiger partial charge in [-0.15, -0.1) is 0 Å². The first kappa shape index (κ1) is 23.6. The van der Waals surface area contributed by atoms with Crippen molar-refractivity contribution in [2.75, 3.05) is 6.61 Å². The molecule has 11 heteroatoms. The number of nitrogens with one attached hydrogen (secondary N) is 1. The predicted octanol–water partition coefficient (Wildman–Crippen LogP) is 5.57. The van der Waals surface area contributed by atoms with Crippen molar-refractivity contribution in [2.45, 2.75) is 12.2 Å². The third kappa shape index (κ3) is 4.67. The Hall–Kier alpha value is -4.18. The summed E-state index contributed by atoms with van der Waals surface area (Å²) in [5, 5.41) is 1.60. The minimum absolute atomic E-state index is 0.0537. The van der Waals surface area contributed by atoms with E-state index < -0.39 is 35.9 Å². The molecule has 3 heterocycles. The molecular weight excluding hydrogens is 501 g/mol. The Bertz CT molecular complexity index is 1510. The standard InChI is InChI=1S/C25H16ClF3N2O5/c26-15-5-3-14(4-6-15)19-12-20(21-2-1-9-34-21)31(30-19)23(32)13-35-16-7-8-17-18(25(27,28)29)11-24(33)36-22(17)10-16/h1-12,20,30H,13H2/t20-/m1/s1. The number of alkyl halides is 3. The van der Waals surface area contributed by atoms with Crippen molar-refractivity contribution in [3.8, 4) is 5.75 Å². The molecule has 0 saturated heterocycles. The lowest BCUT2D eigenvalue weighted by atomic mass is 10.1. The number of ether oxygens (including phenoxy) is 1. The molecule has 1 aliphatic rings. The molecular formula is C25H16ClF3N2O5. The second kappa shape index (κ2) is 9.12. The van der Waals surface area contributed by atoms with Gasteiger partial charge in [0.05, 0.1) is 17.5 Å². The molecule has 0 radical (unpaired) electrons. The van der Waals surface area contributed by atoms with Crippen LogP contribution in [0.3, 0.4) is 0 Å². The Labute approximate surface area is 206 Å². The summed E-state index contributed by atoms with van der Waals surface area (Å²) in [6, 6.07) is 13.8. The van der Waals surface area contributed by atoms with Crippen LogP contribution in [0.4, 0.5) is 13.2 Å². The lowest BCUT2D eigenvalue weighted by molar-refractivity contribution is -0.137. The Morgan fingerprint density at radius 3 is 2.58 bits per heavy atom. The summed E-state index contributed by atoms with van der Waals surface area (Å²) in [6.07, 6.45) is -1.44. The third-order valence-corrected chi connectivity index (χ3v) is 5.74. The van der Waals surface area contributed by atoms with E-state index in [1.54, 1.807) is 36.4 Å². The number of hydrogen-bond acceptors (Lipinski definition) is 6. The first-order chi connectivity index (χ1) is 17.2. The first-order valence-electron chi connectivity index (χ1n) is 10.6. The predicted molar refractivity (Wildman–Crippen MR) is 124 cm³/mol. The minimum Gasteiger partial charge on any atom is -0.484 e. The van der Waals surface area contributed by atoms with Gasteiger partial charge in [0.15, 0.2) is 6.61 Å². The second-order valence-corrected chi connectivity index (χ2v) is 8.28. The molecule has 7 nitrogen and oxygen atoms in total. The van der Waals surface area contributed by atoms with E-state index >= 15 is 0 Å². The molecule has 0 aliphatic carbocycles. The van der Waals surface area contributed by atoms with Gasteiger partial charge >= 0.3 is 11.8 Å². The van der Waals surface area contributed by atoms with Gasteiger partial charge in [0.2, 0.25) is 0 Å². The zero-order chi connectivity index (χ0) is 25.4. The highest BCUT2D eigenvalue weighted by atomic mass is 35.5. The van der Waals surface area contributed by atoms with Gasteiger partial charge in [-0.05, 0) is 48.0 Å². The van der Waals surface area contributed by atoms with Crippen molar-refractivity contribution in [3.05, 3.63) is 105 Å². The quantitative estimate of drug-likeness (QED) is 0.349. The summed E-state index contributed by atoms with van der Waals surface area (Å²) in [5.41, 5.74) is 1.91. The first-order valence-corrected chi connectivity index (χ1v) is 10.9. The number of rotatable bonds is 5. The van der Waals surface area contributed by atoms with Crippen LogP contribution in [0.2, 0.25) is 5.02 Å². The number of fused-ring (bicyclic) bond motifs is 1. The van der Waals surface area contributed by atoms with Crippen molar-refractivity contribution in [3.63, 3.8) is 0 Å². The van der Waals surface area contributed by atoms with Gasteiger partial charge < -0.3 is 13.6 Å². The van der Waals surface area contributed by atoms with Crippen LogP contribution in [0, 0.1) is 0 Å². The molecule has 1 aliphatic heterocycles. The normalized spacial score (nSPS) is 15.6. The van der Waals surface area contributed by atoms with E-state index in [1.807, 2.05) is 6.08 Å². The SMILES string of the molecule is O=C(COc1ccc2c(C(F)(F)F)cc(=O)oc2c1)N1NC(c2ccc(Cl)cc2)=C[C@@H]1c1ccco1. The fourth-order valence-corrected chi connectivity index (χ4v) is 3.95. The summed E-state index contributed by atoms with van der Waals surface area (Å²) < 4.78 is 55.7. The van der Waals surface area contributed by atoms with E-state index in [0.29, 0.717) is 22.5 Å². The van der Waals surface area contributed by atoms with Crippen LogP contribution in [0.25, 0.3) is 16.7 Å². The van der Waals surface area contributed by atoms with Gasteiger partial charge in [-0.2, -0.15) is 13.2 Å². The van der Waals surface area contributed by atoms with E-state index in [2.05, 4.69) is 5.43 Å². The van der Waals surface area contributed by atoms with Crippen LogP contribution in [0.15, 0.2) is 86.6 Å². The molecule has 0 spiro atoms. The minimum atomic E-state index is -4.73. The number of nitrogens with zero attached hydrogens (tertiary/aromatic N) is 1. The summed E-state index contributed by atoms with van der Waals surface area (Å²) in [7, 11) is 0. The summed E-state index contributed by atoms with van der Waals surface area (Å²) in [4.78, 5) is 24.7. The molecule has 2 aromatic carbocycles. The molecule has 2 aromatic heterocycles. The molecule has 184 valence electrons. The summed E-state index contributed by atoms with van der Waals surface area (Å²) in [6.45, 7) is -0.458. The lowest BCUT2D eigenvalue weighted by Gasteiger charge is -2.24. The van der Waals surface area contributed by atoms with Crippen LogP contribution in [-0.4, -0.2) is 17.5 Å². The molecule has 0 saturated carbocycles. The van der Waals surface area contributed by atoms with Crippen molar-refractivity contribution in [1.29, 1.82) is 0 Å². The largest absolute Gasteiger partial charge is 0.484 e. The number of carbonyl (C=O) groups is 1. The average Bonchev–Trinajstić information content (AvgIpc) is 3.52. The number of benzene rings is 2. The number of halogens is 4. The van der Waals surface area contributed by atoms with Gasteiger partial charge in [0.1, 0.15) is 23.1 Å².